The Kier molecular flexibility index (Phi) is 4.41. The summed E-state index contributed by atoms with van der Waals surface area (Å²) < 4.78 is 7.94. The Morgan fingerprint density at radius 1 is 1.04 bits per heavy atom. The number of aryl methyl sites for hydroxylation is 1. The molecule has 6 heteroatoms. The number of benzene rings is 2. The molecule has 2 aromatic carbocycles. The van der Waals surface area contributed by atoms with Gasteiger partial charge in [-0.15, -0.1) is 0 Å². The highest BCUT2D eigenvalue weighted by atomic mass is 16.4. The van der Waals surface area contributed by atoms with Crippen LogP contribution in [0, 0.1) is 6.92 Å². The average molecular weight is 348 g/mol. The van der Waals surface area contributed by atoms with Crippen LogP contribution in [0.15, 0.2) is 59.0 Å². The van der Waals surface area contributed by atoms with Crippen LogP contribution in [0.4, 0.5) is 5.95 Å². The highest BCUT2D eigenvalue weighted by Gasteiger charge is 2.16. The van der Waals surface area contributed by atoms with Gasteiger partial charge in [-0.1, -0.05) is 30.3 Å². The Hall–Kier alpha value is -3.12. The fourth-order valence-corrected chi connectivity index (χ4v) is 2.97. The minimum absolute atomic E-state index is 0.0460. The Labute approximate surface area is 151 Å². The number of anilines is 1. The highest BCUT2D eigenvalue weighted by molar-refractivity contribution is 5.78. The predicted molar refractivity (Wildman–Crippen MR) is 101 cm³/mol. The van der Waals surface area contributed by atoms with Gasteiger partial charge < -0.3 is 19.4 Å². The summed E-state index contributed by atoms with van der Waals surface area (Å²) in [6.45, 7) is 2.95. The summed E-state index contributed by atoms with van der Waals surface area (Å²) in [5.74, 6) is 2.12. The molecule has 2 aromatic heterocycles. The van der Waals surface area contributed by atoms with Crippen molar-refractivity contribution in [3.8, 4) is 11.5 Å². The van der Waals surface area contributed by atoms with Gasteiger partial charge in [0.2, 0.25) is 11.8 Å². The lowest BCUT2D eigenvalue weighted by molar-refractivity contribution is 0.310. The van der Waals surface area contributed by atoms with Gasteiger partial charge in [0.05, 0.1) is 24.2 Å². The van der Waals surface area contributed by atoms with E-state index in [9.17, 15) is 0 Å². The minimum atomic E-state index is 0.0460. The predicted octanol–water partition coefficient (Wildman–Crippen LogP) is 3.45. The third kappa shape index (κ3) is 3.07. The number of nitrogens with one attached hydrogen (secondary N) is 1. The van der Waals surface area contributed by atoms with E-state index >= 15 is 0 Å². The lowest BCUT2D eigenvalue weighted by Gasteiger charge is -2.09. The normalized spacial score (nSPS) is 11.2. The molecule has 4 aromatic rings. The van der Waals surface area contributed by atoms with Crippen LogP contribution in [0.5, 0.6) is 0 Å². The molecule has 0 saturated heterocycles. The quantitative estimate of drug-likeness (QED) is 0.558. The zero-order valence-corrected chi connectivity index (χ0v) is 14.5. The number of fused-ring (bicyclic) bond motifs is 1. The second-order valence-corrected chi connectivity index (χ2v) is 6.05. The number of aromatic nitrogens is 3. The number of imidazole rings is 1. The van der Waals surface area contributed by atoms with Crippen LogP contribution < -0.4 is 5.32 Å². The van der Waals surface area contributed by atoms with E-state index in [-0.39, 0.29) is 6.61 Å². The second-order valence-electron chi connectivity index (χ2n) is 6.05. The highest BCUT2D eigenvalue weighted by Crippen LogP contribution is 2.25. The Bertz CT molecular complexity index is 1020. The van der Waals surface area contributed by atoms with Crippen LogP contribution in [0.25, 0.3) is 22.5 Å². The standard InChI is InChI=1S/C20H20N4O2/c1-14-17(22-19(26-14)15-7-3-2-4-8-15)13-24-18-10-6-5-9-16(18)23-20(24)21-11-12-25/h2-10,25H,11-13H2,1H3,(H,21,23). The van der Waals surface area contributed by atoms with E-state index in [2.05, 4.69) is 14.9 Å². The molecule has 2 N–H and O–H groups in total. The van der Waals surface area contributed by atoms with E-state index < -0.39 is 0 Å². The molecule has 26 heavy (non-hydrogen) atoms. The van der Waals surface area contributed by atoms with Crippen molar-refractivity contribution in [1.29, 1.82) is 0 Å². The number of para-hydroxylation sites is 2. The summed E-state index contributed by atoms with van der Waals surface area (Å²) in [5.41, 5.74) is 3.73. The van der Waals surface area contributed by atoms with Gasteiger partial charge in [-0.2, -0.15) is 0 Å². The van der Waals surface area contributed by atoms with Crippen LogP contribution in [0.1, 0.15) is 11.5 Å². The molecule has 2 heterocycles. The molecule has 4 rings (SSSR count). The number of rotatable bonds is 6. The third-order valence-corrected chi connectivity index (χ3v) is 4.27. The third-order valence-electron chi connectivity index (χ3n) is 4.27. The van der Waals surface area contributed by atoms with Crippen molar-refractivity contribution in [3.05, 3.63) is 66.1 Å². The molecular formula is C20H20N4O2. The topological polar surface area (TPSA) is 76.1 Å². The first-order valence-electron chi connectivity index (χ1n) is 8.58. The number of hydrogen-bond donors (Lipinski definition) is 2. The molecule has 0 unspecified atom stereocenters. The number of aliphatic hydroxyl groups is 1. The number of hydrogen-bond acceptors (Lipinski definition) is 5. The molecule has 0 atom stereocenters. The molecule has 132 valence electrons. The fraction of sp³-hybridized carbons (Fsp3) is 0.200. The van der Waals surface area contributed by atoms with Crippen LogP contribution in [-0.4, -0.2) is 32.8 Å². The smallest absolute Gasteiger partial charge is 0.226 e. The lowest BCUT2D eigenvalue weighted by atomic mass is 10.2. The summed E-state index contributed by atoms with van der Waals surface area (Å²) in [6.07, 6.45) is 0. The van der Waals surface area contributed by atoms with E-state index in [0.717, 1.165) is 28.1 Å². The van der Waals surface area contributed by atoms with Gasteiger partial charge in [-0.05, 0) is 31.2 Å². The largest absolute Gasteiger partial charge is 0.441 e. The van der Waals surface area contributed by atoms with Crippen molar-refractivity contribution in [2.45, 2.75) is 13.5 Å². The molecule has 0 aliphatic rings. The Morgan fingerprint density at radius 3 is 2.62 bits per heavy atom. The Morgan fingerprint density at radius 2 is 1.81 bits per heavy atom. The fourth-order valence-electron chi connectivity index (χ4n) is 2.97. The second kappa shape index (κ2) is 7.01. The van der Waals surface area contributed by atoms with Gasteiger partial charge in [-0.25, -0.2) is 9.97 Å². The van der Waals surface area contributed by atoms with Crippen molar-refractivity contribution in [2.75, 3.05) is 18.5 Å². The molecule has 0 amide bonds. The molecule has 6 nitrogen and oxygen atoms in total. The first-order chi connectivity index (χ1) is 12.8. The van der Waals surface area contributed by atoms with Gasteiger partial charge in [0.25, 0.3) is 0 Å². The number of oxazole rings is 1. The summed E-state index contributed by atoms with van der Waals surface area (Å²) in [6, 6.07) is 17.8. The molecular weight excluding hydrogens is 328 g/mol. The molecule has 0 radical (unpaired) electrons. The van der Waals surface area contributed by atoms with Crippen LogP contribution >= 0.6 is 0 Å². The lowest BCUT2D eigenvalue weighted by Crippen LogP contribution is -2.12. The zero-order valence-electron chi connectivity index (χ0n) is 14.5. The summed E-state index contributed by atoms with van der Waals surface area (Å²) in [4.78, 5) is 9.31. The van der Waals surface area contributed by atoms with Gasteiger partial charge in [0.1, 0.15) is 11.5 Å². The molecule has 0 aliphatic carbocycles. The van der Waals surface area contributed by atoms with Gasteiger partial charge in [0, 0.05) is 12.1 Å². The molecule has 0 bridgehead atoms. The monoisotopic (exact) mass is 348 g/mol. The first kappa shape index (κ1) is 16.4. The van der Waals surface area contributed by atoms with E-state index in [1.807, 2.05) is 61.5 Å². The molecule has 0 fully saturated rings. The van der Waals surface area contributed by atoms with Crippen LogP contribution in [-0.2, 0) is 6.54 Å². The van der Waals surface area contributed by atoms with Crippen molar-refractivity contribution in [2.24, 2.45) is 0 Å². The number of nitrogens with zero attached hydrogens (tertiary/aromatic N) is 3. The molecule has 0 spiro atoms. The van der Waals surface area contributed by atoms with E-state index in [1.165, 1.54) is 0 Å². The zero-order chi connectivity index (χ0) is 17.9. The van der Waals surface area contributed by atoms with Crippen LogP contribution in [0.2, 0.25) is 0 Å². The summed E-state index contributed by atoms with van der Waals surface area (Å²) in [7, 11) is 0. The van der Waals surface area contributed by atoms with Crippen LogP contribution in [0.3, 0.4) is 0 Å². The van der Waals surface area contributed by atoms with E-state index in [0.29, 0.717) is 24.9 Å². The van der Waals surface area contributed by atoms with E-state index in [4.69, 9.17) is 14.5 Å². The maximum Gasteiger partial charge on any atom is 0.226 e. The molecule has 0 aliphatic heterocycles. The maximum atomic E-state index is 9.13. The molecule has 0 saturated carbocycles. The van der Waals surface area contributed by atoms with Crippen molar-refractivity contribution < 1.29 is 9.52 Å². The summed E-state index contributed by atoms with van der Waals surface area (Å²) >= 11 is 0. The minimum Gasteiger partial charge on any atom is -0.441 e. The van der Waals surface area contributed by atoms with Crippen molar-refractivity contribution >= 4 is 17.0 Å². The average Bonchev–Trinajstić information content (AvgIpc) is 3.22. The summed E-state index contributed by atoms with van der Waals surface area (Å²) in [5, 5.41) is 12.3. The van der Waals surface area contributed by atoms with Gasteiger partial charge in [0.15, 0.2) is 0 Å². The van der Waals surface area contributed by atoms with Gasteiger partial charge in [-0.3, -0.25) is 0 Å². The maximum absolute atomic E-state index is 9.13. The number of aliphatic hydroxyl groups excluding tert-OH is 1. The Balaban J connectivity index is 1.72. The van der Waals surface area contributed by atoms with Crippen molar-refractivity contribution in [3.63, 3.8) is 0 Å². The SMILES string of the molecule is Cc1oc(-c2ccccc2)nc1Cn1c(NCCO)nc2ccccc21. The van der Waals surface area contributed by atoms with Gasteiger partial charge >= 0.3 is 0 Å². The first-order valence-corrected chi connectivity index (χ1v) is 8.58. The van der Waals surface area contributed by atoms with Crippen molar-refractivity contribution in [1.82, 2.24) is 14.5 Å². The van der Waals surface area contributed by atoms with E-state index in [1.54, 1.807) is 0 Å².